The first-order valence-corrected chi connectivity index (χ1v) is 9.09. The Balaban J connectivity index is 1.69. The van der Waals surface area contributed by atoms with Gasteiger partial charge in [0.2, 0.25) is 0 Å². The summed E-state index contributed by atoms with van der Waals surface area (Å²) in [6, 6.07) is 10.4. The largest absolute Gasteiger partial charge is 0.371 e. The number of amides is 2. The van der Waals surface area contributed by atoms with Crippen molar-refractivity contribution in [1.82, 2.24) is 10.6 Å². The van der Waals surface area contributed by atoms with Gasteiger partial charge in [0.1, 0.15) is 0 Å². The van der Waals surface area contributed by atoms with E-state index in [0.717, 1.165) is 26.1 Å². The maximum Gasteiger partial charge on any atom is 0.314 e. The minimum atomic E-state index is -0.0553. The standard InChI is InChI=1S/C17H27N3OS/c1-17(2,22-3)13-19-16(21)18-11-14-9-10-20(12-14)15-7-5-4-6-8-15/h4-8,14H,9-13H2,1-3H3,(H2,18,19,21). The molecule has 0 radical (unpaired) electrons. The second kappa shape index (κ2) is 7.77. The Kier molecular flexibility index (Phi) is 6.00. The molecule has 1 aromatic rings. The second-order valence-electron chi connectivity index (χ2n) is 6.46. The number of carbonyl (C=O) groups excluding carboxylic acids is 1. The Morgan fingerprint density at radius 1 is 1.32 bits per heavy atom. The van der Waals surface area contributed by atoms with Gasteiger partial charge in [0.25, 0.3) is 0 Å². The molecule has 22 heavy (non-hydrogen) atoms. The Morgan fingerprint density at radius 3 is 2.73 bits per heavy atom. The first kappa shape index (κ1) is 17.0. The molecule has 1 aliphatic heterocycles. The fraction of sp³-hybridized carbons (Fsp3) is 0.588. The molecule has 1 aromatic carbocycles. The zero-order chi connectivity index (χ0) is 16.0. The molecule has 1 atom stereocenters. The third-order valence-electron chi connectivity index (χ3n) is 4.19. The molecule has 0 saturated carbocycles. The molecule has 1 heterocycles. The molecule has 1 unspecified atom stereocenters. The predicted molar refractivity (Wildman–Crippen MR) is 95.8 cm³/mol. The molecule has 1 saturated heterocycles. The predicted octanol–water partition coefficient (Wildman–Crippen LogP) is 2.95. The molecule has 1 aliphatic rings. The summed E-state index contributed by atoms with van der Waals surface area (Å²) in [7, 11) is 0. The second-order valence-corrected chi connectivity index (χ2v) is 7.98. The Labute approximate surface area is 138 Å². The molecule has 4 nitrogen and oxygen atoms in total. The average molecular weight is 321 g/mol. The number of urea groups is 1. The van der Waals surface area contributed by atoms with Crippen molar-refractivity contribution in [3.8, 4) is 0 Å². The fourth-order valence-corrected chi connectivity index (χ4v) is 2.75. The summed E-state index contributed by atoms with van der Waals surface area (Å²) >= 11 is 1.76. The molecule has 0 aliphatic carbocycles. The summed E-state index contributed by atoms with van der Waals surface area (Å²) in [5.74, 6) is 0.527. The third-order valence-corrected chi connectivity index (χ3v) is 5.44. The van der Waals surface area contributed by atoms with Gasteiger partial charge in [0.05, 0.1) is 0 Å². The van der Waals surface area contributed by atoms with Crippen molar-refractivity contribution in [3.05, 3.63) is 30.3 Å². The van der Waals surface area contributed by atoms with Crippen LogP contribution in [0.1, 0.15) is 20.3 Å². The zero-order valence-electron chi connectivity index (χ0n) is 13.8. The van der Waals surface area contributed by atoms with E-state index >= 15 is 0 Å². The van der Waals surface area contributed by atoms with E-state index in [1.165, 1.54) is 5.69 Å². The van der Waals surface area contributed by atoms with Crippen molar-refractivity contribution in [1.29, 1.82) is 0 Å². The van der Waals surface area contributed by atoms with Crippen LogP contribution in [0.5, 0.6) is 0 Å². The highest BCUT2D eigenvalue weighted by Gasteiger charge is 2.23. The number of carbonyl (C=O) groups is 1. The monoisotopic (exact) mass is 321 g/mol. The smallest absolute Gasteiger partial charge is 0.314 e. The molecule has 0 spiro atoms. The number of anilines is 1. The van der Waals surface area contributed by atoms with Gasteiger partial charge in [0, 0.05) is 36.6 Å². The first-order valence-electron chi connectivity index (χ1n) is 7.87. The Bertz CT molecular complexity index is 478. The molecule has 5 heteroatoms. The molecule has 1 fully saturated rings. The van der Waals surface area contributed by atoms with Gasteiger partial charge in [-0.25, -0.2) is 4.79 Å². The molecular weight excluding hydrogens is 294 g/mol. The van der Waals surface area contributed by atoms with E-state index < -0.39 is 0 Å². The van der Waals surface area contributed by atoms with Gasteiger partial charge in [-0.2, -0.15) is 11.8 Å². The van der Waals surface area contributed by atoms with Crippen molar-refractivity contribution in [2.75, 3.05) is 37.3 Å². The topological polar surface area (TPSA) is 44.4 Å². The number of para-hydroxylation sites is 1. The van der Waals surface area contributed by atoms with E-state index in [2.05, 4.69) is 59.9 Å². The van der Waals surface area contributed by atoms with Gasteiger partial charge < -0.3 is 15.5 Å². The summed E-state index contributed by atoms with van der Waals surface area (Å²) in [4.78, 5) is 14.3. The van der Waals surface area contributed by atoms with E-state index in [0.29, 0.717) is 12.5 Å². The van der Waals surface area contributed by atoms with Crippen LogP contribution in [0.3, 0.4) is 0 Å². The van der Waals surface area contributed by atoms with Crippen LogP contribution in [0.2, 0.25) is 0 Å². The maximum atomic E-state index is 11.9. The summed E-state index contributed by atoms with van der Waals surface area (Å²) in [6.45, 7) is 7.77. The van der Waals surface area contributed by atoms with Crippen LogP contribution in [-0.2, 0) is 0 Å². The van der Waals surface area contributed by atoms with Gasteiger partial charge in [-0.1, -0.05) is 18.2 Å². The lowest BCUT2D eigenvalue weighted by atomic mass is 10.1. The summed E-state index contributed by atoms with van der Waals surface area (Å²) < 4.78 is 0.0782. The minimum absolute atomic E-state index is 0.0553. The highest BCUT2D eigenvalue weighted by Crippen LogP contribution is 2.23. The van der Waals surface area contributed by atoms with E-state index in [1.54, 1.807) is 11.8 Å². The van der Waals surface area contributed by atoms with Crippen LogP contribution in [0.4, 0.5) is 10.5 Å². The molecule has 0 aromatic heterocycles. The van der Waals surface area contributed by atoms with Crippen molar-refractivity contribution in [2.24, 2.45) is 5.92 Å². The maximum absolute atomic E-state index is 11.9. The SMILES string of the molecule is CSC(C)(C)CNC(=O)NCC1CCN(c2ccccc2)C1. The van der Waals surface area contributed by atoms with Crippen molar-refractivity contribution in [2.45, 2.75) is 25.0 Å². The van der Waals surface area contributed by atoms with Gasteiger partial charge in [-0.15, -0.1) is 0 Å². The Morgan fingerprint density at radius 2 is 2.05 bits per heavy atom. The van der Waals surface area contributed by atoms with E-state index in [4.69, 9.17) is 0 Å². The summed E-state index contributed by atoms with van der Waals surface area (Å²) in [6.07, 6.45) is 3.20. The van der Waals surface area contributed by atoms with Crippen LogP contribution in [0.15, 0.2) is 30.3 Å². The Hall–Kier alpha value is -1.36. The lowest BCUT2D eigenvalue weighted by Crippen LogP contribution is -2.43. The fourth-order valence-electron chi connectivity index (χ4n) is 2.54. The van der Waals surface area contributed by atoms with Crippen molar-refractivity contribution < 1.29 is 4.79 Å². The third kappa shape index (κ3) is 5.13. The van der Waals surface area contributed by atoms with Crippen molar-refractivity contribution >= 4 is 23.5 Å². The molecule has 2 amide bonds. The molecule has 122 valence electrons. The van der Waals surface area contributed by atoms with E-state index in [-0.39, 0.29) is 10.8 Å². The summed E-state index contributed by atoms with van der Waals surface area (Å²) in [5, 5.41) is 5.96. The van der Waals surface area contributed by atoms with Gasteiger partial charge in [0.15, 0.2) is 0 Å². The lowest BCUT2D eigenvalue weighted by molar-refractivity contribution is 0.238. The average Bonchev–Trinajstić information content (AvgIpc) is 3.01. The van der Waals surface area contributed by atoms with E-state index in [9.17, 15) is 4.79 Å². The van der Waals surface area contributed by atoms with Crippen LogP contribution in [-0.4, -0.2) is 43.2 Å². The summed E-state index contributed by atoms with van der Waals surface area (Å²) in [5.41, 5.74) is 1.27. The molecule has 2 rings (SSSR count). The number of nitrogens with one attached hydrogen (secondary N) is 2. The normalized spacial score (nSPS) is 18.3. The van der Waals surface area contributed by atoms with Crippen LogP contribution in [0, 0.1) is 5.92 Å². The highest BCUT2D eigenvalue weighted by molar-refractivity contribution is 7.99. The van der Waals surface area contributed by atoms with E-state index in [1.807, 2.05) is 6.07 Å². The highest BCUT2D eigenvalue weighted by atomic mass is 32.2. The molecule has 2 N–H and O–H groups in total. The first-order chi connectivity index (χ1) is 10.5. The number of hydrogen-bond donors (Lipinski definition) is 2. The number of hydrogen-bond acceptors (Lipinski definition) is 3. The number of nitrogens with zero attached hydrogens (tertiary/aromatic N) is 1. The van der Waals surface area contributed by atoms with Gasteiger partial charge in [-0.3, -0.25) is 0 Å². The quantitative estimate of drug-likeness (QED) is 0.847. The lowest BCUT2D eigenvalue weighted by Gasteiger charge is -2.22. The van der Waals surface area contributed by atoms with Gasteiger partial charge in [-0.05, 0) is 44.6 Å². The number of benzene rings is 1. The van der Waals surface area contributed by atoms with Crippen LogP contribution < -0.4 is 15.5 Å². The van der Waals surface area contributed by atoms with Gasteiger partial charge >= 0.3 is 6.03 Å². The van der Waals surface area contributed by atoms with Crippen molar-refractivity contribution in [3.63, 3.8) is 0 Å². The zero-order valence-corrected chi connectivity index (χ0v) is 14.6. The number of rotatable bonds is 6. The number of thioether (sulfide) groups is 1. The van der Waals surface area contributed by atoms with Crippen LogP contribution >= 0.6 is 11.8 Å². The molecule has 0 bridgehead atoms. The van der Waals surface area contributed by atoms with Crippen LogP contribution in [0.25, 0.3) is 0 Å². The molecular formula is C17H27N3OS. The minimum Gasteiger partial charge on any atom is -0.371 e.